The van der Waals surface area contributed by atoms with Gasteiger partial charge in [-0.25, -0.2) is 4.98 Å². The van der Waals surface area contributed by atoms with Crippen LogP contribution in [0.15, 0.2) is 0 Å². The summed E-state index contributed by atoms with van der Waals surface area (Å²) in [5.41, 5.74) is 1.35. The SMILES string of the molecule is CC(C)c1nc2c(s1)CN(C1COC1)CC2. The first-order valence-corrected chi connectivity index (χ1v) is 6.86. The van der Waals surface area contributed by atoms with Crippen LogP contribution in [0.3, 0.4) is 0 Å². The number of ether oxygens (including phenoxy) is 1. The molecule has 0 spiro atoms. The van der Waals surface area contributed by atoms with E-state index in [1.165, 1.54) is 15.6 Å². The third-order valence-electron chi connectivity index (χ3n) is 3.41. The van der Waals surface area contributed by atoms with Crippen LogP contribution in [-0.2, 0) is 17.7 Å². The molecular weight excluding hydrogens is 220 g/mol. The highest BCUT2D eigenvalue weighted by atomic mass is 32.1. The number of thiazole rings is 1. The highest BCUT2D eigenvalue weighted by molar-refractivity contribution is 7.11. The van der Waals surface area contributed by atoms with Crippen LogP contribution in [0, 0.1) is 0 Å². The Morgan fingerprint density at radius 2 is 2.25 bits per heavy atom. The number of rotatable bonds is 2. The molecule has 4 heteroatoms. The molecular formula is C12H18N2OS. The van der Waals surface area contributed by atoms with Gasteiger partial charge in [0, 0.05) is 30.3 Å². The van der Waals surface area contributed by atoms with Crippen molar-refractivity contribution >= 4 is 11.3 Å². The number of aromatic nitrogens is 1. The van der Waals surface area contributed by atoms with Gasteiger partial charge in [-0.3, -0.25) is 4.90 Å². The van der Waals surface area contributed by atoms with Gasteiger partial charge >= 0.3 is 0 Å². The first kappa shape index (κ1) is 10.7. The molecule has 0 saturated carbocycles. The Morgan fingerprint density at radius 3 is 2.88 bits per heavy atom. The zero-order valence-electron chi connectivity index (χ0n) is 9.90. The van der Waals surface area contributed by atoms with E-state index < -0.39 is 0 Å². The average Bonchev–Trinajstić information content (AvgIpc) is 2.57. The van der Waals surface area contributed by atoms with E-state index in [-0.39, 0.29) is 0 Å². The molecule has 3 rings (SSSR count). The lowest BCUT2D eigenvalue weighted by atomic mass is 10.1. The molecule has 3 nitrogen and oxygen atoms in total. The van der Waals surface area contributed by atoms with E-state index in [2.05, 4.69) is 18.7 Å². The van der Waals surface area contributed by atoms with Gasteiger partial charge in [0.2, 0.25) is 0 Å². The van der Waals surface area contributed by atoms with Crippen molar-refractivity contribution in [2.45, 2.75) is 38.8 Å². The van der Waals surface area contributed by atoms with Crippen LogP contribution in [0.2, 0.25) is 0 Å². The van der Waals surface area contributed by atoms with E-state index in [1.807, 2.05) is 11.3 Å². The minimum atomic E-state index is 0.566. The Hall–Kier alpha value is -0.450. The van der Waals surface area contributed by atoms with Crippen molar-refractivity contribution in [2.75, 3.05) is 19.8 Å². The summed E-state index contributed by atoms with van der Waals surface area (Å²) in [5, 5.41) is 1.30. The van der Waals surface area contributed by atoms with Crippen LogP contribution >= 0.6 is 11.3 Å². The van der Waals surface area contributed by atoms with E-state index in [9.17, 15) is 0 Å². The summed E-state index contributed by atoms with van der Waals surface area (Å²) < 4.78 is 5.27. The van der Waals surface area contributed by atoms with Crippen molar-refractivity contribution in [1.82, 2.24) is 9.88 Å². The van der Waals surface area contributed by atoms with Crippen molar-refractivity contribution in [2.24, 2.45) is 0 Å². The van der Waals surface area contributed by atoms with E-state index in [0.29, 0.717) is 12.0 Å². The highest BCUT2D eigenvalue weighted by Gasteiger charge is 2.30. The van der Waals surface area contributed by atoms with E-state index >= 15 is 0 Å². The Balaban J connectivity index is 1.77. The van der Waals surface area contributed by atoms with Crippen molar-refractivity contribution in [1.29, 1.82) is 0 Å². The minimum Gasteiger partial charge on any atom is -0.378 e. The number of hydrogen-bond donors (Lipinski definition) is 0. The summed E-state index contributed by atoms with van der Waals surface area (Å²) in [6.07, 6.45) is 1.12. The molecule has 0 unspecified atom stereocenters. The second-order valence-corrected chi connectivity index (χ2v) is 6.10. The standard InChI is InChI=1S/C12H18N2OS/c1-8(2)12-13-10-3-4-14(5-11(10)16-12)9-6-15-7-9/h8-9H,3-7H2,1-2H3. The Morgan fingerprint density at radius 1 is 1.44 bits per heavy atom. The van der Waals surface area contributed by atoms with Crippen LogP contribution in [0.4, 0.5) is 0 Å². The molecule has 1 saturated heterocycles. The van der Waals surface area contributed by atoms with Crippen molar-refractivity contribution < 1.29 is 4.74 Å². The third kappa shape index (κ3) is 1.79. The molecule has 0 bridgehead atoms. The van der Waals surface area contributed by atoms with E-state index in [1.54, 1.807) is 0 Å². The normalized spacial score (nSPS) is 22.2. The monoisotopic (exact) mass is 238 g/mol. The molecule has 3 heterocycles. The third-order valence-corrected chi connectivity index (χ3v) is 4.79. The number of nitrogens with zero attached hydrogens (tertiary/aromatic N) is 2. The van der Waals surface area contributed by atoms with E-state index in [0.717, 1.165) is 32.7 Å². The fraction of sp³-hybridized carbons (Fsp3) is 0.750. The van der Waals surface area contributed by atoms with Gasteiger partial charge in [-0.15, -0.1) is 11.3 Å². The summed E-state index contributed by atoms with van der Waals surface area (Å²) in [4.78, 5) is 8.79. The lowest BCUT2D eigenvalue weighted by Gasteiger charge is -2.38. The predicted molar refractivity (Wildman–Crippen MR) is 64.9 cm³/mol. The second-order valence-electron chi connectivity index (χ2n) is 4.99. The van der Waals surface area contributed by atoms with Gasteiger partial charge in [-0.05, 0) is 0 Å². The van der Waals surface area contributed by atoms with Crippen LogP contribution in [-0.4, -0.2) is 35.7 Å². The number of hydrogen-bond acceptors (Lipinski definition) is 4. The number of fused-ring (bicyclic) bond motifs is 1. The molecule has 1 aromatic heterocycles. The molecule has 0 amide bonds. The van der Waals surface area contributed by atoms with Crippen LogP contribution in [0.25, 0.3) is 0 Å². The van der Waals surface area contributed by atoms with Gasteiger partial charge in [0.25, 0.3) is 0 Å². The maximum Gasteiger partial charge on any atom is 0.0957 e. The molecule has 1 fully saturated rings. The summed E-state index contributed by atoms with van der Waals surface area (Å²) in [6, 6.07) is 0.665. The van der Waals surface area contributed by atoms with Crippen LogP contribution in [0.5, 0.6) is 0 Å². The molecule has 0 radical (unpaired) electrons. The van der Waals surface area contributed by atoms with Gasteiger partial charge in [0.15, 0.2) is 0 Å². The first-order valence-electron chi connectivity index (χ1n) is 6.04. The molecule has 16 heavy (non-hydrogen) atoms. The minimum absolute atomic E-state index is 0.566. The lowest BCUT2D eigenvalue weighted by Crippen LogP contribution is -2.50. The summed E-state index contributed by atoms with van der Waals surface area (Å²) in [6.45, 7) is 8.54. The largest absolute Gasteiger partial charge is 0.378 e. The molecule has 2 aliphatic heterocycles. The zero-order valence-corrected chi connectivity index (χ0v) is 10.7. The highest BCUT2D eigenvalue weighted by Crippen LogP contribution is 2.30. The molecule has 1 aromatic rings. The Bertz CT molecular complexity index is 384. The summed E-state index contributed by atoms with van der Waals surface area (Å²) >= 11 is 1.91. The van der Waals surface area contributed by atoms with Gasteiger partial charge in [-0.1, -0.05) is 13.8 Å². The molecule has 0 atom stereocenters. The molecule has 88 valence electrons. The summed E-state index contributed by atoms with van der Waals surface area (Å²) in [7, 11) is 0. The van der Waals surface area contributed by atoms with Crippen LogP contribution < -0.4 is 0 Å². The van der Waals surface area contributed by atoms with Crippen molar-refractivity contribution in [3.05, 3.63) is 15.6 Å². The quantitative estimate of drug-likeness (QED) is 0.788. The van der Waals surface area contributed by atoms with Crippen molar-refractivity contribution in [3.8, 4) is 0 Å². The Kier molecular flexibility index (Phi) is 2.73. The second kappa shape index (κ2) is 4.09. The zero-order chi connectivity index (χ0) is 11.1. The molecule has 0 aromatic carbocycles. The molecule has 0 aliphatic carbocycles. The van der Waals surface area contributed by atoms with Gasteiger partial charge in [0.05, 0.1) is 30.0 Å². The van der Waals surface area contributed by atoms with Gasteiger partial charge in [0.1, 0.15) is 0 Å². The first-order chi connectivity index (χ1) is 7.74. The van der Waals surface area contributed by atoms with Crippen LogP contribution in [0.1, 0.15) is 35.3 Å². The fourth-order valence-electron chi connectivity index (χ4n) is 2.23. The molecule has 0 N–H and O–H groups in total. The maximum absolute atomic E-state index is 5.27. The van der Waals surface area contributed by atoms with Gasteiger partial charge in [-0.2, -0.15) is 0 Å². The average molecular weight is 238 g/mol. The summed E-state index contributed by atoms with van der Waals surface area (Å²) in [5.74, 6) is 0.566. The topological polar surface area (TPSA) is 25.4 Å². The van der Waals surface area contributed by atoms with Crippen molar-refractivity contribution in [3.63, 3.8) is 0 Å². The fourth-order valence-corrected chi connectivity index (χ4v) is 3.37. The Labute approximate surface area is 100 Å². The predicted octanol–water partition coefficient (Wildman–Crippen LogP) is 2.02. The van der Waals surface area contributed by atoms with E-state index in [4.69, 9.17) is 9.72 Å². The maximum atomic E-state index is 5.27. The van der Waals surface area contributed by atoms with Gasteiger partial charge < -0.3 is 4.74 Å². The molecule has 2 aliphatic rings. The smallest absolute Gasteiger partial charge is 0.0957 e. The lowest BCUT2D eigenvalue weighted by molar-refractivity contribution is -0.0692.